The van der Waals surface area contributed by atoms with Crippen molar-refractivity contribution in [2.75, 3.05) is 36.4 Å². The van der Waals surface area contributed by atoms with Crippen LogP contribution in [0.25, 0.3) is 6.08 Å². The van der Waals surface area contributed by atoms with Gasteiger partial charge < -0.3 is 19.9 Å². The molecule has 0 unspecified atom stereocenters. The van der Waals surface area contributed by atoms with Gasteiger partial charge in [0.25, 0.3) is 11.8 Å². The van der Waals surface area contributed by atoms with E-state index in [2.05, 4.69) is 42.3 Å². The van der Waals surface area contributed by atoms with Gasteiger partial charge in [-0.15, -0.1) is 0 Å². The number of nitrogens with zero attached hydrogens (tertiary/aromatic N) is 2. The Morgan fingerprint density at radius 2 is 1.80 bits per heavy atom. The highest BCUT2D eigenvalue weighted by atomic mass is 35.5. The fourth-order valence-electron chi connectivity index (χ4n) is 4.43. The van der Waals surface area contributed by atoms with Crippen LogP contribution in [0.5, 0.6) is 5.75 Å². The van der Waals surface area contributed by atoms with Crippen LogP contribution < -0.4 is 15.0 Å². The molecule has 1 fully saturated rings. The van der Waals surface area contributed by atoms with E-state index in [0.29, 0.717) is 35.1 Å². The highest BCUT2D eigenvalue weighted by Gasteiger charge is 2.26. The van der Waals surface area contributed by atoms with Gasteiger partial charge in [0.15, 0.2) is 11.5 Å². The first-order valence-electron chi connectivity index (χ1n) is 11.6. The summed E-state index contributed by atoms with van der Waals surface area (Å²) < 4.78 is 5.83. The minimum atomic E-state index is -0.371. The van der Waals surface area contributed by atoms with E-state index in [0.717, 1.165) is 18.7 Å². The average molecular weight is 488 g/mol. The van der Waals surface area contributed by atoms with E-state index in [4.69, 9.17) is 16.3 Å². The SMILES string of the molecule is Cc1ccc(C)c(N2CCN(C(=O)c3ccc4c(c3)NC(=O)/C(=C/c3cccc(Cl)c3)O4)CC2)c1. The van der Waals surface area contributed by atoms with Crippen LogP contribution >= 0.6 is 11.6 Å². The third kappa shape index (κ3) is 4.88. The number of benzene rings is 3. The Labute approximate surface area is 209 Å². The number of amides is 2. The quantitative estimate of drug-likeness (QED) is 0.510. The van der Waals surface area contributed by atoms with Gasteiger partial charge in [-0.1, -0.05) is 35.9 Å². The lowest BCUT2D eigenvalue weighted by atomic mass is 10.1. The number of hydrogen-bond donors (Lipinski definition) is 1. The predicted molar refractivity (Wildman–Crippen MR) is 139 cm³/mol. The number of hydrogen-bond acceptors (Lipinski definition) is 4. The second kappa shape index (κ2) is 9.47. The Balaban J connectivity index is 1.28. The molecule has 1 saturated heterocycles. The first-order chi connectivity index (χ1) is 16.9. The number of carbonyl (C=O) groups excluding carboxylic acids is 2. The summed E-state index contributed by atoms with van der Waals surface area (Å²) >= 11 is 6.03. The minimum absolute atomic E-state index is 0.0528. The highest BCUT2D eigenvalue weighted by molar-refractivity contribution is 6.30. The molecule has 3 aromatic carbocycles. The van der Waals surface area contributed by atoms with Crippen molar-refractivity contribution in [3.05, 3.63) is 93.7 Å². The molecular formula is C28H26ClN3O3. The molecule has 7 heteroatoms. The minimum Gasteiger partial charge on any atom is -0.449 e. The second-order valence-corrected chi connectivity index (χ2v) is 9.34. The third-order valence-corrected chi connectivity index (χ3v) is 6.57. The van der Waals surface area contributed by atoms with Crippen LogP contribution in [0.15, 0.2) is 66.4 Å². The van der Waals surface area contributed by atoms with Crippen molar-refractivity contribution in [2.45, 2.75) is 13.8 Å². The first-order valence-corrected chi connectivity index (χ1v) is 12.0. The molecule has 0 radical (unpaired) electrons. The standard InChI is InChI=1S/C28H26ClN3O3/c1-18-6-7-19(2)24(14-18)31-10-12-32(13-11-31)28(34)21-8-9-25-23(17-21)30-27(33)26(35-25)16-20-4-3-5-22(29)15-20/h3-9,14-17H,10-13H2,1-2H3,(H,30,33)/b26-16-. The molecule has 2 aliphatic rings. The number of ether oxygens (including phenoxy) is 1. The van der Waals surface area contributed by atoms with Crippen molar-refractivity contribution in [1.29, 1.82) is 0 Å². The Bertz CT molecular complexity index is 1340. The Morgan fingerprint density at radius 1 is 1.00 bits per heavy atom. The van der Waals surface area contributed by atoms with E-state index in [1.165, 1.54) is 16.8 Å². The number of carbonyl (C=O) groups is 2. The number of piperazine rings is 1. The maximum absolute atomic E-state index is 13.2. The van der Waals surface area contributed by atoms with Crippen LogP contribution in [-0.2, 0) is 4.79 Å². The molecule has 0 aliphatic carbocycles. The summed E-state index contributed by atoms with van der Waals surface area (Å²) in [4.78, 5) is 30.0. The number of fused-ring (bicyclic) bond motifs is 1. The van der Waals surface area contributed by atoms with Gasteiger partial charge in [0.05, 0.1) is 5.69 Å². The molecule has 0 saturated carbocycles. The van der Waals surface area contributed by atoms with Gasteiger partial charge in [-0.05, 0) is 73.0 Å². The maximum Gasteiger partial charge on any atom is 0.291 e. The predicted octanol–water partition coefficient (Wildman–Crippen LogP) is 5.29. The molecule has 3 aromatic rings. The molecule has 1 N–H and O–H groups in total. The van der Waals surface area contributed by atoms with Gasteiger partial charge >= 0.3 is 0 Å². The van der Waals surface area contributed by atoms with E-state index in [9.17, 15) is 9.59 Å². The molecular weight excluding hydrogens is 462 g/mol. The number of rotatable bonds is 3. The topological polar surface area (TPSA) is 61.9 Å². The molecule has 2 amide bonds. The van der Waals surface area contributed by atoms with Crippen molar-refractivity contribution in [3.8, 4) is 5.75 Å². The molecule has 0 bridgehead atoms. The third-order valence-electron chi connectivity index (χ3n) is 6.34. The van der Waals surface area contributed by atoms with Gasteiger partial charge in [-0.3, -0.25) is 9.59 Å². The van der Waals surface area contributed by atoms with Crippen molar-refractivity contribution in [2.24, 2.45) is 0 Å². The van der Waals surface area contributed by atoms with E-state index < -0.39 is 0 Å². The van der Waals surface area contributed by atoms with Crippen LogP contribution in [0, 0.1) is 13.8 Å². The maximum atomic E-state index is 13.2. The summed E-state index contributed by atoms with van der Waals surface area (Å²) in [5, 5.41) is 3.42. The van der Waals surface area contributed by atoms with E-state index in [1.54, 1.807) is 36.4 Å². The van der Waals surface area contributed by atoms with E-state index in [1.807, 2.05) is 17.0 Å². The summed E-state index contributed by atoms with van der Waals surface area (Å²) in [5.74, 6) is 0.239. The molecule has 5 rings (SSSR count). The lowest BCUT2D eigenvalue weighted by molar-refractivity contribution is -0.115. The average Bonchev–Trinajstić information content (AvgIpc) is 2.85. The van der Waals surface area contributed by atoms with E-state index >= 15 is 0 Å². The Kier molecular flexibility index (Phi) is 6.22. The smallest absolute Gasteiger partial charge is 0.291 e. The number of anilines is 2. The summed E-state index contributed by atoms with van der Waals surface area (Å²) in [7, 11) is 0. The molecule has 6 nitrogen and oxygen atoms in total. The van der Waals surface area contributed by atoms with Crippen LogP contribution in [0.2, 0.25) is 5.02 Å². The fraction of sp³-hybridized carbons (Fsp3) is 0.214. The second-order valence-electron chi connectivity index (χ2n) is 8.90. The summed E-state index contributed by atoms with van der Waals surface area (Å²) in [6, 6.07) is 18.8. The molecule has 0 aromatic heterocycles. The summed E-state index contributed by atoms with van der Waals surface area (Å²) in [5.41, 5.74) is 5.47. The molecule has 2 aliphatic heterocycles. The van der Waals surface area contributed by atoms with Gasteiger partial charge in [-0.25, -0.2) is 0 Å². The van der Waals surface area contributed by atoms with Crippen molar-refractivity contribution >= 4 is 40.9 Å². The van der Waals surface area contributed by atoms with Gasteiger partial charge in [-0.2, -0.15) is 0 Å². The van der Waals surface area contributed by atoms with Crippen LogP contribution in [0.1, 0.15) is 27.0 Å². The zero-order chi connectivity index (χ0) is 24.5. The lowest BCUT2D eigenvalue weighted by Gasteiger charge is -2.37. The Morgan fingerprint density at radius 3 is 2.57 bits per heavy atom. The summed E-state index contributed by atoms with van der Waals surface area (Å²) in [6.45, 7) is 7.04. The van der Waals surface area contributed by atoms with Crippen LogP contribution in [0.4, 0.5) is 11.4 Å². The van der Waals surface area contributed by atoms with Crippen molar-refractivity contribution in [3.63, 3.8) is 0 Å². The van der Waals surface area contributed by atoms with Crippen molar-refractivity contribution < 1.29 is 14.3 Å². The number of halogens is 1. The molecule has 0 atom stereocenters. The zero-order valence-electron chi connectivity index (χ0n) is 19.7. The van der Waals surface area contributed by atoms with Gasteiger partial charge in [0, 0.05) is 42.5 Å². The molecule has 178 valence electrons. The molecule has 0 spiro atoms. The van der Waals surface area contributed by atoms with Crippen molar-refractivity contribution in [1.82, 2.24) is 4.90 Å². The number of aryl methyl sites for hydroxylation is 2. The largest absolute Gasteiger partial charge is 0.449 e. The van der Waals surface area contributed by atoms with Crippen LogP contribution in [0.3, 0.4) is 0 Å². The van der Waals surface area contributed by atoms with Gasteiger partial charge in [0.2, 0.25) is 0 Å². The molecule has 2 heterocycles. The number of nitrogens with one attached hydrogen (secondary N) is 1. The lowest BCUT2D eigenvalue weighted by Crippen LogP contribution is -2.49. The zero-order valence-corrected chi connectivity index (χ0v) is 20.4. The summed E-state index contributed by atoms with van der Waals surface area (Å²) in [6.07, 6.45) is 1.64. The molecule has 35 heavy (non-hydrogen) atoms. The highest BCUT2D eigenvalue weighted by Crippen LogP contribution is 2.33. The first kappa shape index (κ1) is 23.0. The fourth-order valence-corrected chi connectivity index (χ4v) is 4.63. The van der Waals surface area contributed by atoms with Crippen LogP contribution in [-0.4, -0.2) is 42.9 Å². The monoisotopic (exact) mass is 487 g/mol. The normalized spacial score (nSPS) is 16.5. The van der Waals surface area contributed by atoms with E-state index in [-0.39, 0.29) is 17.6 Å². The van der Waals surface area contributed by atoms with Gasteiger partial charge in [0.1, 0.15) is 0 Å². The Hall–Kier alpha value is -3.77.